The number of methoxy groups -OCH3 is 1. The van der Waals surface area contributed by atoms with Crippen LogP contribution in [0.5, 0.6) is 11.5 Å². The van der Waals surface area contributed by atoms with E-state index in [9.17, 15) is 0 Å². The third kappa shape index (κ3) is 5.88. The molecular weight excluding hydrogens is 490 g/mol. The summed E-state index contributed by atoms with van der Waals surface area (Å²) in [7, 11) is 1.68. The van der Waals surface area contributed by atoms with E-state index in [4.69, 9.17) is 9.47 Å². The molecule has 0 unspecified atom stereocenters. The van der Waals surface area contributed by atoms with Gasteiger partial charge in [0, 0.05) is 63.0 Å². The van der Waals surface area contributed by atoms with Gasteiger partial charge in [0.2, 0.25) is 5.95 Å². The van der Waals surface area contributed by atoms with Gasteiger partial charge in [-0.2, -0.15) is 0 Å². The van der Waals surface area contributed by atoms with Gasteiger partial charge in [0.15, 0.2) is 11.5 Å². The number of likely N-dealkylation sites (tertiary alicyclic amines) is 1. The lowest BCUT2D eigenvalue weighted by Crippen LogP contribution is -2.47. The van der Waals surface area contributed by atoms with Crippen LogP contribution in [0.25, 0.3) is 10.9 Å². The van der Waals surface area contributed by atoms with E-state index in [0.29, 0.717) is 12.4 Å². The molecule has 2 saturated heterocycles. The second kappa shape index (κ2) is 11.8. The number of aromatic nitrogens is 4. The Morgan fingerprint density at radius 2 is 1.51 bits per heavy atom. The molecule has 0 aliphatic carbocycles. The van der Waals surface area contributed by atoms with Crippen LogP contribution >= 0.6 is 0 Å². The summed E-state index contributed by atoms with van der Waals surface area (Å²) < 4.78 is 11.8. The number of rotatable bonds is 9. The lowest BCUT2D eigenvalue weighted by Gasteiger charge is -2.35. The van der Waals surface area contributed by atoms with Crippen LogP contribution in [0.3, 0.4) is 0 Å². The summed E-state index contributed by atoms with van der Waals surface area (Å²) in [6.45, 7) is 7.16. The highest BCUT2D eigenvalue weighted by molar-refractivity contribution is 5.92. The molecular formula is C30H35N7O2. The molecule has 0 spiro atoms. The van der Waals surface area contributed by atoms with Crippen LogP contribution in [0.4, 0.5) is 11.8 Å². The van der Waals surface area contributed by atoms with Crippen molar-refractivity contribution in [1.82, 2.24) is 24.8 Å². The molecule has 0 saturated carbocycles. The summed E-state index contributed by atoms with van der Waals surface area (Å²) in [4.78, 5) is 25.5. The Morgan fingerprint density at radius 1 is 0.769 bits per heavy atom. The van der Waals surface area contributed by atoms with Gasteiger partial charge in [-0.25, -0.2) is 19.9 Å². The minimum absolute atomic E-state index is 0.636. The maximum Gasteiger partial charge on any atom is 0.225 e. The molecule has 0 radical (unpaired) electrons. The zero-order chi connectivity index (χ0) is 26.4. The van der Waals surface area contributed by atoms with Crippen molar-refractivity contribution in [3.8, 4) is 11.5 Å². The Labute approximate surface area is 229 Å². The van der Waals surface area contributed by atoms with Crippen LogP contribution in [0.15, 0.2) is 61.2 Å². The molecule has 4 aromatic rings. The molecule has 2 fully saturated rings. The smallest absolute Gasteiger partial charge is 0.225 e. The van der Waals surface area contributed by atoms with Gasteiger partial charge in [0.25, 0.3) is 0 Å². The Hall–Kier alpha value is -3.98. The monoisotopic (exact) mass is 525 g/mol. The molecule has 4 heterocycles. The van der Waals surface area contributed by atoms with E-state index in [2.05, 4.69) is 58.9 Å². The van der Waals surface area contributed by atoms with E-state index in [0.717, 1.165) is 86.2 Å². The van der Waals surface area contributed by atoms with E-state index in [-0.39, 0.29) is 0 Å². The van der Waals surface area contributed by atoms with Crippen molar-refractivity contribution in [2.75, 3.05) is 69.3 Å². The number of ether oxygens (including phenoxy) is 2. The number of hydrogen-bond acceptors (Lipinski definition) is 9. The molecule has 2 aliphatic heterocycles. The zero-order valence-electron chi connectivity index (χ0n) is 22.5. The number of hydrogen-bond donors (Lipinski definition) is 0. The van der Waals surface area contributed by atoms with Crippen LogP contribution in [-0.4, -0.2) is 84.4 Å². The number of anilines is 2. The van der Waals surface area contributed by atoms with Crippen molar-refractivity contribution in [2.45, 2.75) is 19.3 Å². The first kappa shape index (κ1) is 25.3. The molecule has 9 nitrogen and oxygen atoms in total. The summed E-state index contributed by atoms with van der Waals surface area (Å²) in [5.41, 5.74) is 3.23. The van der Waals surface area contributed by atoms with Gasteiger partial charge in [-0.3, -0.25) is 4.90 Å². The minimum atomic E-state index is 0.636. The highest BCUT2D eigenvalue weighted by Crippen LogP contribution is 2.35. The highest BCUT2D eigenvalue weighted by atomic mass is 16.5. The first-order valence-electron chi connectivity index (χ1n) is 13.8. The number of fused-ring (bicyclic) bond motifs is 1. The van der Waals surface area contributed by atoms with Crippen LogP contribution in [0.1, 0.15) is 24.0 Å². The van der Waals surface area contributed by atoms with Crippen molar-refractivity contribution in [3.63, 3.8) is 0 Å². The third-order valence-electron chi connectivity index (χ3n) is 7.57. The first-order valence-corrected chi connectivity index (χ1v) is 13.8. The summed E-state index contributed by atoms with van der Waals surface area (Å²) >= 11 is 0. The minimum Gasteiger partial charge on any atom is -0.493 e. The van der Waals surface area contributed by atoms with Crippen molar-refractivity contribution in [3.05, 3.63) is 72.3 Å². The van der Waals surface area contributed by atoms with Crippen LogP contribution in [0, 0.1) is 0 Å². The Bertz CT molecular complexity index is 1370. The van der Waals surface area contributed by atoms with Gasteiger partial charge in [0.05, 0.1) is 12.6 Å². The Kier molecular flexibility index (Phi) is 7.67. The first-order chi connectivity index (χ1) is 19.3. The van der Waals surface area contributed by atoms with Gasteiger partial charge < -0.3 is 19.3 Å². The third-order valence-corrected chi connectivity index (χ3v) is 7.57. The summed E-state index contributed by atoms with van der Waals surface area (Å²) in [6, 6.07) is 14.4. The fraction of sp³-hybridized carbons (Fsp3) is 0.400. The number of piperazine rings is 1. The Balaban J connectivity index is 1.11. The highest BCUT2D eigenvalue weighted by Gasteiger charge is 2.23. The average Bonchev–Trinajstić information content (AvgIpc) is 3.51. The van der Waals surface area contributed by atoms with Gasteiger partial charge >= 0.3 is 0 Å². The standard InChI is InChI=1S/C30H35N7O2/c1-38-27-18-25-26(19-28(27)39-16-15-35-9-5-6-10-35)33-22-34-29(25)36-11-13-37(14-12-36)30-31-20-24(21-32-30)17-23-7-3-2-4-8-23/h2-4,7-8,18-22H,5-6,9-17H2,1H3. The predicted octanol–water partition coefficient (Wildman–Crippen LogP) is 3.82. The quantitative estimate of drug-likeness (QED) is 0.324. The topological polar surface area (TPSA) is 79.7 Å². The lowest BCUT2D eigenvalue weighted by atomic mass is 10.1. The lowest BCUT2D eigenvalue weighted by molar-refractivity contribution is 0.230. The molecule has 6 rings (SSSR count). The van der Waals surface area contributed by atoms with E-state index >= 15 is 0 Å². The molecule has 0 bridgehead atoms. The van der Waals surface area contributed by atoms with Gasteiger partial charge in [-0.15, -0.1) is 0 Å². The SMILES string of the molecule is COc1cc2c(N3CCN(c4ncc(Cc5ccccc5)cn4)CC3)ncnc2cc1OCCN1CCCC1. The summed E-state index contributed by atoms with van der Waals surface area (Å²) in [5.74, 6) is 3.13. The van der Waals surface area contributed by atoms with E-state index < -0.39 is 0 Å². The molecule has 0 N–H and O–H groups in total. The molecule has 0 amide bonds. The van der Waals surface area contributed by atoms with Crippen LogP contribution in [0.2, 0.25) is 0 Å². The van der Waals surface area contributed by atoms with E-state index in [1.165, 1.54) is 18.4 Å². The molecule has 2 aliphatic rings. The molecule has 39 heavy (non-hydrogen) atoms. The maximum atomic E-state index is 6.13. The van der Waals surface area contributed by atoms with Gasteiger partial charge in [0.1, 0.15) is 18.8 Å². The molecule has 2 aromatic heterocycles. The van der Waals surface area contributed by atoms with E-state index in [1.54, 1.807) is 13.4 Å². The van der Waals surface area contributed by atoms with Crippen molar-refractivity contribution >= 4 is 22.7 Å². The molecule has 9 heteroatoms. The van der Waals surface area contributed by atoms with Crippen molar-refractivity contribution in [2.24, 2.45) is 0 Å². The normalized spacial score (nSPS) is 16.1. The van der Waals surface area contributed by atoms with Gasteiger partial charge in [-0.1, -0.05) is 30.3 Å². The molecule has 202 valence electrons. The second-order valence-corrected chi connectivity index (χ2v) is 10.1. The Morgan fingerprint density at radius 3 is 2.26 bits per heavy atom. The summed E-state index contributed by atoms with van der Waals surface area (Å²) in [6.07, 6.45) is 8.92. The van der Waals surface area contributed by atoms with Crippen LogP contribution < -0.4 is 19.3 Å². The fourth-order valence-electron chi connectivity index (χ4n) is 5.42. The molecule has 2 aromatic carbocycles. The van der Waals surface area contributed by atoms with Crippen molar-refractivity contribution in [1.29, 1.82) is 0 Å². The van der Waals surface area contributed by atoms with Crippen molar-refractivity contribution < 1.29 is 9.47 Å². The fourth-order valence-corrected chi connectivity index (χ4v) is 5.42. The number of benzene rings is 2. The summed E-state index contributed by atoms with van der Waals surface area (Å²) in [5, 5.41) is 0.969. The van der Waals surface area contributed by atoms with Crippen LogP contribution in [-0.2, 0) is 6.42 Å². The maximum absolute atomic E-state index is 6.13. The molecule has 0 atom stereocenters. The zero-order valence-corrected chi connectivity index (χ0v) is 22.5. The van der Waals surface area contributed by atoms with Gasteiger partial charge in [-0.05, 0) is 43.1 Å². The predicted molar refractivity (Wildman–Crippen MR) is 153 cm³/mol. The number of nitrogens with zero attached hydrogens (tertiary/aromatic N) is 7. The second-order valence-electron chi connectivity index (χ2n) is 10.1. The van der Waals surface area contributed by atoms with E-state index in [1.807, 2.05) is 30.6 Å². The largest absolute Gasteiger partial charge is 0.493 e. The average molecular weight is 526 g/mol.